The van der Waals surface area contributed by atoms with Crippen molar-refractivity contribution < 1.29 is 42.4 Å². The number of hydrogen-bond acceptors (Lipinski definition) is 12. The van der Waals surface area contributed by atoms with Crippen LogP contribution in [0.4, 0.5) is 19.4 Å². The van der Waals surface area contributed by atoms with Gasteiger partial charge in [-0.15, -0.1) is 6.42 Å². The van der Waals surface area contributed by atoms with Crippen molar-refractivity contribution in [3.63, 3.8) is 0 Å². The zero-order valence-electron chi connectivity index (χ0n) is 31.4. The van der Waals surface area contributed by atoms with Crippen LogP contribution in [0.25, 0.3) is 32.9 Å². The smallest absolute Gasteiger partial charge is 0.410 e. The monoisotopic (exact) mass is 758 g/mol. The van der Waals surface area contributed by atoms with Gasteiger partial charge in [-0.1, -0.05) is 12.0 Å². The lowest BCUT2D eigenvalue weighted by atomic mass is 9.95. The second-order valence-electron chi connectivity index (χ2n) is 15.6. The van der Waals surface area contributed by atoms with Gasteiger partial charge in [-0.2, -0.15) is 9.97 Å². The Hall–Kier alpha value is -5.04. The fraction of sp³-hybridized carbons (Fsp3) is 0.500. The lowest BCUT2D eigenvalue weighted by Crippen LogP contribution is -2.57. The topological polar surface area (TPSA) is 132 Å². The number of aliphatic hydroxyl groups is 1. The molecule has 4 aliphatic rings. The Balaban J connectivity index is 1.27. The highest BCUT2D eigenvalue weighted by atomic mass is 19.1. The van der Waals surface area contributed by atoms with Crippen LogP contribution in [0.2, 0.25) is 0 Å². The number of hydrogen-bond donors (Lipinski definition) is 1. The molecule has 1 N–H and O–H groups in total. The summed E-state index contributed by atoms with van der Waals surface area (Å²) in [6, 6.07) is 5.60. The third-order valence-electron chi connectivity index (χ3n) is 11.0. The second-order valence-corrected chi connectivity index (χ2v) is 15.6. The summed E-state index contributed by atoms with van der Waals surface area (Å²) >= 11 is 0. The van der Waals surface area contributed by atoms with E-state index in [1.54, 1.807) is 11.0 Å². The maximum atomic E-state index is 17.4. The highest BCUT2D eigenvalue weighted by Gasteiger charge is 2.50. The van der Waals surface area contributed by atoms with Crippen molar-refractivity contribution in [1.29, 1.82) is 0 Å². The van der Waals surface area contributed by atoms with Gasteiger partial charge in [0.05, 0.1) is 23.8 Å². The first kappa shape index (κ1) is 36.9. The predicted molar refractivity (Wildman–Crippen MR) is 199 cm³/mol. The van der Waals surface area contributed by atoms with Gasteiger partial charge in [-0.25, -0.2) is 18.6 Å². The van der Waals surface area contributed by atoms with Gasteiger partial charge in [-0.05, 0) is 76.6 Å². The molecule has 0 spiro atoms. The zero-order valence-corrected chi connectivity index (χ0v) is 31.4. The van der Waals surface area contributed by atoms with Crippen LogP contribution < -0.4 is 19.1 Å². The number of nitrogens with zero attached hydrogens (tertiary/aromatic N) is 6. The Morgan fingerprint density at radius 3 is 2.71 bits per heavy atom. The molecule has 290 valence electrons. The quantitative estimate of drug-likeness (QED) is 0.186. The van der Waals surface area contributed by atoms with Gasteiger partial charge in [0, 0.05) is 43.7 Å². The molecule has 6 heterocycles. The number of aromatic nitrogens is 3. The highest BCUT2D eigenvalue weighted by Crippen LogP contribution is 2.45. The van der Waals surface area contributed by atoms with Gasteiger partial charge in [0.1, 0.15) is 52.8 Å². The van der Waals surface area contributed by atoms with Gasteiger partial charge in [0.15, 0.2) is 12.6 Å². The van der Waals surface area contributed by atoms with E-state index in [4.69, 9.17) is 40.1 Å². The van der Waals surface area contributed by atoms with E-state index in [-0.39, 0.29) is 89.7 Å². The fourth-order valence-electron chi connectivity index (χ4n) is 8.56. The predicted octanol–water partition coefficient (Wildman–Crippen LogP) is 5.27. The molecule has 0 radical (unpaired) electrons. The summed E-state index contributed by atoms with van der Waals surface area (Å²) in [5.41, 5.74) is -1.18. The van der Waals surface area contributed by atoms with Crippen molar-refractivity contribution in [3.05, 3.63) is 41.5 Å². The molecule has 0 bridgehead atoms. The van der Waals surface area contributed by atoms with Gasteiger partial charge in [0.2, 0.25) is 5.88 Å². The Morgan fingerprint density at radius 2 is 1.95 bits per heavy atom. The molecule has 55 heavy (non-hydrogen) atoms. The average Bonchev–Trinajstić information content (AvgIpc) is 3.69. The highest BCUT2D eigenvalue weighted by molar-refractivity contribution is 6.04. The molecular formula is C40H44F2N6O7. The number of pyridine rings is 1. The minimum Gasteiger partial charge on any atom is -0.475 e. The first-order valence-electron chi connectivity index (χ1n) is 18.6. The summed E-state index contributed by atoms with van der Waals surface area (Å²) < 4.78 is 62.1. The molecule has 3 saturated heterocycles. The van der Waals surface area contributed by atoms with Gasteiger partial charge in [-0.3, -0.25) is 4.90 Å². The summed E-state index contributed by atoms with van der Waals surface area (Å²) in [5.74, 6) is 1.69. The summed E-state index contributed by atoms with van der Waals surface area (Å²) in [6.07, 6.45) is 8.93. The number of benzene rings is 2. The van der Waals surface area contributed by atoms with Gasteiger partial charge >= 0.3 is 12.1 Å². The van der Waals surface area contributed by atoms with E-state index in [0.29, 0.717) is 30.0 Å². The third kappa shape index (κ3) is 6.59. The SMILES string of the molecule is C#Cc1c(F)ccc2cc(OCOC)cc(-c3nc4c5c(nc(OC[C@@]67CCCN6[C@H](CO)CC7)nc5c3F)N3CCN(C(=O)OC(C)(C)C)C[C@H]3CO4)c12. The van der Waals surface area contributed by atoms with E-state index in [1.165, 1.54) is 25.3 Å². The number of carbonyl (C=O) groups is 1. The Bertz CT molecular complexity index is 2210. The van der Waals surface area contributed by atoms with Crippen molar-refractivity contribution in [2.75, 3.05) is 64.8 Å². The minimum atomic E-state index is -0.819. The Labute approximate surface area is 317 Å². The van der Waals surface area contributed by atoms with Crippen LogP contribution in [-0.4, -0.2) is 119 Å². The number of fused-ring (bicyclic) bond motifs is 4. The van der Waals surface area contributed by atoms with Crippen LogP contribution in [0, 0.1) is 24.0 Å². The van der Waals surface area contributed by atoms with Gasteiger partial charge in [0.25, 0.3) is 0 Å². The molecule has 0 saturated carbocycles. The number of anilines is 1. The third-order valence-corrected chi connectivity index (χ3v) is 11.0. The molecule has 8 rings (SSSR count). The van der Waals surface area contributed by atoms with E-state index in [0.717, 1.165) is 32.2 Å². The maximum Gasteiger partial charge on any atom is 0.410 e. The average molecular weight is 759 g/mol. The first-order valence-corrected chi connectivity index (χ1v) is 18.6. The second kappa shape index (κ2) is 14.2. The maximum absolute atomic E-state index is 17.4. The molecule has 4 aromatic rings. The lowest BCUT2D eigenvalue weighted by Gasteiger charge is -2.41. The number of piperazine rings is 1. The Morgan fingerprint density at radius 1 is 1.11 bits per heavy atom. The number of methoxy groups -OCH3 is 1. The number of halogens is 2. The minimum absolute atomic E-state index is 0.0363. The lowest BCUT2D eigenvalue weighted by molar-refractivity contribution is 0.0201. The Kier molecular flexibility index (Phi) is 9.55. The summed E-state index contributed by atoms with van der Waals surface area (Å²) in [7, 11) is 1.47. The van der Waals surface area contributed by atoms with E-state index in [1.807, 2.05) is 25.7 Å². The van der Waals surface area contributed by atoms with Gasteiger partial charge < -0.3 is 38.6 Å². The number of carbonyl (C=O) groups excluding carboxylic acids is 1. The molecule has 3 atom stereocenters. The van der Waals surface area contributed by atoms with Crippen LogP contribution >= 0.6 is 0 Å². The number of terminal acetylenes is 1. The van der Waals surface area contributed by atoms with E-state index in [2.05, 4.69) is 15.8 Å². The summed E-state index contributed by atoms with van der Waals surface area (Å²) in [5, 5.41) is 11.0. The van der Waals surface area contributed by atoms with Crippen LogP contribution in [0.5, 0.6) is 17.6 Å². The summed E-state index contributed by atoms with van der Waals surface area (Å²) in [4.78, 5) is 33.4. The van der Waals surface area contributed by atoms with Crippen molar-refractivity contribution in [3.8, 4) is 41.2 Å². The fourth-order valence-corrected chi connectivity index (χ4v) is 8.56. The molecule has 3 fully saturated rings. The molecular weight excluding hydrogens is 714 g/mol. The largest absolute Gasteiger partial charge is 0.475 e. The summed E-state index contributed by atoms with van der Waals surface area (Å²) in [6.45, 7) is 7.49. The van der Waals surface area contributed by atoms with Crippen LogP contribution in [0.15, 0.2) is 24.3 Å². The van der Waals surface area contributed by atoms with Crippen LogP contribution in [0.1, 0.15) is 52.0 Å². The number of aliphatic hydroxyl groups excluding tert-OH is 1. The van der Waals surface area contributed by atoms with Crippen LogP contribution in [-0.2, 0) is 9.47 Å². The molecule has 4 aliphatic heterocycles. The van der Waals surface area contributed by atoms with E-state index in [9.17, 15) is 9.90 Å². The van der Waals surface area contributed by atoms with Crippen molar-refractivity contribution in [1.82, 2.24) is 24.8 Å². The molecule has 2 aromatic heterocycles. The molecule has 15 heteroatoms. The first-order chi connectivity index (χ1) is 26.4. The zero-order chi connectivity index (χ0) is 38.6. The molecule has 0 unspecified atom stereocenters. The number of ether oxygens (including phenoxy) is 5. The molecule has 2 aromatic carbocycles. The van der Waals surface area contributed by atoms with Crippen molar-refractivity contribution in [2.24, 2.45) is 0 Å². The van der Waals surface area contributed by atoms with Crippen molar-refractivity contribution >= 4 is 33.6 Å². The molecule has 1 amide bonds. The van der Waals surface area contributed by atoms with E-state index >= 15 is 8.78 Å². The molecule has 13 nitrogen and oxygen atoms in total. The number of amides is 1. The van der Waals surface area contributed by atoms with Crippen molar-refractivity contribution in [2.45, 2.75) is 69.7 Å². The standard InChI is InChI=1S/C40H44F2N6O7/c1-6-27-29(41)9-8-23-16-26(54-22-51-5)17-28(30(23)27)33-32(42)34-31-35(45-37(44-34)53-21-40-11-7-13-48(40)24(19-49)10-12-40)47-15-14-46(38(50)55-39(2,3)4)18-25(47)20-52-36(31)43-33/h1,8-9,16-17,24-25,49H,7,10-15,18-22H2,2-5H3/t24-,25-,40-/m0/s1. The molecule has 0 aliphatic carbocycles. The van der Waals surface area contributed by atoms with Crippen LogP contribution in [0.3, 0.4) is 0 Å². The normalized spacial score (nSPS) is 22.2. The number of rotatable bonds is 8. The van der Waals surface area contributed by atoms with E-state index < -0.39 is 29.4 Å².